The van der Waals surface area contributed by atoms with Crippen LogP contribution < -0.4 is 5.73 Å². The zero-order chi connectivity index (χ0) is 15.9. The van der Waals surface area contributed by atoms with Crippen molar-refractivity contribution in [2.75, 3.05) is 5.73 Å². The molecule has 0 amide bonds. The molecule has 3 aromatic carbocycles. The van der Waals surface area contributed by atoms with Crippen LogP contribution in [0.4, 0.5) is 5.69 Å². The monoisotopic (exact) mass is 351 g/mol. The van der Waals surface area contributed by atoms with Crippen LogP contribution in [0.1, 0.15) is 0 Å². The SMILES string of the molecule is Nc1cc(Cl)c(S(=O)(=O)c2ccc3ccccc3c2)c(Cl)c1. The lowest BCUT2D eigenvalue weighted by Crippen LogP contribution is -2.04. The predicted octanol–water partition coefficient (Wildman–Crippen LogP) is 4.56. The van der Waals surface area contributed by atoms with Crippen molar-refractivity contribution in [2.45, 2.75) is 9.79 Å². The van der Waals surface area contributed by atoms with Crippen LogP contribution in [-0.4, -0.2) is 8.42 Å². The smallest absolute Gasteiger partial charge is 0.209 e. The molecule has 112 valence electrons. The standard InChI is InChI=1S/C16H11Cl2NO2S/c17-14-8-12(19)9-15(18)16(14)22(20,21)13-6-5-10-3-1-2-4-11(10)7-13/h1-9H,19H2. The van der Waals surface area contributed by atoms with Gasteiger partial charge in [0.15, 0.2) is 0 Å². The van der Waals surface area contributed by atoms with Gasteiger partial charge in [0.25, 0.3) is 0 Å². The Morgan fingerprint density at radius 2 is 1.41 bits per heavy atom. The summed E-state index contributed by atoms with van der Waals surface area (Å²) in [6, 6.07) is 15.2. The minimum absolute atomic E-state index is 0.0122. The maximum absolute atomic E-state index is 12.8. The molecule has 0 aromatic heterocycles. The van der Waals surface area contributed by atoms with E-state index in [1.54, 1.807) is 18.2 Å². The van der Waals surface area contributed by atoms with Gasteiger partial charge in [0.2, 0.25) is 9.84 Å². The maximum atomic E-state index is 12.8. The number of nitrogen functional groups attached to an aromatic ring is 1. The average molecular weight is 352 g/mol. The third-order valence-corrected chi connectivity index (χ3v) is 5.99. The largest absolute Gasteiger partial charge is 0.399 e. The molecule has 22 heavy (non-hydrogen) atoms. The number of hydrogen-bond donors (Lipinski definition) is 1. The Morgan fingerprint density at radius 1 is 0.818 bits per heavy atom. The van der Waals surface area contributed by atoms with Crippen molar-refractivity contribution in [1.82, 2.24) is 0 Å². The normalized spacial score (nSPS) is 11.7. The summed E-state index contributed by atoms with van der Waals surface area (Å²) in [5.74, 6) is 0. The summed E-state index contributed by atoms with van der Waals surface area (Å²) in [7, 11) is -3.83. The fourth-order valence-corrected chi connectivity index (χ4v) is 4.80. The Hall–Kier alpha value is -1.75. The van der Waals surface area contributed by atoms with E-state index in [2.05, 4.69) is 0 Å². The summed E-state index contributed by atoms with van der Waals surface area (Å²) in [4.78, 5) is 0.0140. The van der Waals surface area contributed by atoms with Crippen molar-refractivity contribution in [3.8, 4) is 0 Å². The van der Waals surface area contributed by atoms with E-state index < -0.39 is 9.84 Å². The lowest BCUT2D eigenvalue weighted by atomic mass is 10.1. The van der Waals surface area contributed by atoms with E-state index >= 15 is 0 Å². The molecule has 0 spiro atoms. The Kier molecular flexibility index (Phi) is 3.77. The number of hydrogen-bond acceptors (Lipinski definition) is 3. The highest BCUT2D eigenvalue weighted by Crippen LogP contribution is 2.36. The van der Waals surface area contributed by atoms with E-state index in [1.807, 2.05) is 24.3 Å². The maximum Gasteiger partial charge on any atom is 0.209 e. The van der Waals surface area contributed by atoms with Crippen molar-refractivity contribution < 1.29 is 8.42 Å². The predicted molar refractivity (Wildman–Crippen MR) is 90.3 cm³/mol. The number of fused-ring (bicyclic) bond motifs is 1. The van der Waals surface area contributed by atoms with Crippen molar-refractivity contribution in [2.24, 2.45) is 0 Å². The Balaban J connectivity index is 2.24. The summed E-state index contributed by atoms with van der Waals surface area (Å²) in [5, 5.41) is 1.80. The van der Waals surface area contributed by atoms with E-state index in [4.69, 9.17) is 28.9 Å². The van der Waals surface area contributed by atoms with Crippen LogP contribution >= 0.6 is 23.2 Å². The molecule has 6 heteroatoms. The summed E-state index contributed by atoms with van der Waals surface area (Å²) in [6.45, 7) is 0. The van der Waals surface area contributed by atoms with E-state index in [0.717, 1.165) is 10.8 Å². The zero-order valence-corrected chi connectivity index (χ0v) is 13.6. The molecule has 0 saturated carbocycles. The molecule has 0 aliphatic rings. The molecule has 0 fully saturated rings. The molecule has 0 saturated heterocycles. The number of rotatable bonds is 2. The number of sulfone groups is 1. The highest BCUT2D eigenvalue weighted by molar-refractivity contribution is 7.91. The van der Waals surface area contributed by atoms with Crippen LogP contribution in [-0.2, 0) is 9.84 Å². The summed E-state index contributed by atoms with van der Waals surface area (Å²) < 4.78 is 25.6. The van der Waals surface area contributed by atoms with Crippen molar-refractivity contribution >= 4 is 49.5 Å². The number of nitrogens with two attached hydrogens (primary N) is 1. The third-order valence-electron chi connectivity index (χ3n) is 3.32. The van der Waals surface area contributed by atoms with Gasteiger partial charge in [-0.1, -0.05) is 53.5 Å². The molecule has 0 heterocycles. The third kappa shape index (κ3) is 2.54. The first-order valence-corrected chi connectivity index (χ1v) is 8.62. The van der Waals surface area contributed by atoms with Gasteiger partial charge in [0, 0.05) is 5.69 Å². The highest BCUT2D eigenvalue weighted by Gasteiger charge is 2.24. The number of benzene rings is 3. The lowest BCUT2D eigenvalue weighted by molar-refractivity contribution is 0.596. The topological polar surface area (TPSA) is 60.2 Å². The molecule has 2 N–H and O–H groups in total. The Morgan fingerprint density at radius 3 is 2.05 bits per heavy atom. The molecule has 0 aliphatic heterocycles. The molecule has 0 radical (unpaired) electrons. The minimum Gasteiger partial charge on any atom is -0.399 e. The molecular weight excluding hydrogens is 341 g/mol. The molecule has 0 atom stereocenters. The van der Waals surface area contributed by atoms with E-state index in [-0.39, 0.29) is 19.8 Å². The van der Waals surface area contributed by atoms with Gasteiger partial charge in [-0.2, -0.15) is 0 Å². The Labute approximate surface area is 138 Å². The zero-order valence-electron chi connectivity index (χ0n) is 11.3. The fourth-order valence-electron chi connectivity index (χ4n) is 2.29. The van der Waals surface area contributed by atoms with Crippen LogP contribution in [0, 0.1) is 0 Å². The van der Waals surface area contributed by atoms with E-state index in [0.29, 0.717) is 5.69 Å². The average Bonchev–Trinajstić information content (AvgIpc) is 2.45. The van der Waals surface area contributed by atoms with Gasteiger partial charge in [-0.3, -0.25) is 0 Å². The van der Waals surface area contributed by atoms with Gasteiger partial charge in [0.1, 0.15) is 4.90 Å². The van der Waals surface area contributed by atoms with Crippen molar-refractivity contribution in [3.63, 3.8) is 0 Å². The Bertz CT molecular complexity index is 961. The van der Waals surface area contributed by atoms with E-state index in [9.17, 15) is 8.42 Å². The minimum atomic E-state index is -3.83. The highest BCUT2D eigenvalue weighted by atomic mass is 35.5. The van der Waals surface area contributed by atoms with Gasteiger partial charge < -0.3 is 5.73 Å². The van der Waals surface area contributed by atoms with Crippen LogP contribution in [0.2, 0.25) is 10.0 Å². The summed E-state index contributed by atoms with van der Waals surface area (Å²) >= 11 is 12.1. The van der Waals surface area contributed by atoms with Gasteiger partial charge in [0.05, 0.1) is 14.9 Å². The molecule has 3 rings (SSSR count). The second-order valence-corrected chi connectivity index (χ2v) is 7.53. The van der Waals surface area contributed by atoms with Crippen LogP contribution in [0.5, 0.6) is 0 Å². The molecule has 0 unspecified atom stereocenters. The van der Waals surface area contributed by atoms with Gasteiger partial charge >= 0.3 is 0 Å². The molecule has 0 aliphatic carbocycles. The number of anilines is 1. The first-order valence-electron chi connectivity index (χ1n) is 6.38. The molecule has 0 bridgehead atoms. The molecular formula is C16H11Cl2NO2S. The molecule has 3 nitrogen and oxygen atoms in total. The van der Waals surface area contributed by atoms with Crippen molar-refractivity contribution in [3.05, 3.63) is 64.6 Å². The number of halogens is 2. The van der Waals surface area contributed by atoms with Gasteiger partial charge in [-0.05, 0) is 35.0 Å². The second kappa shape index (κ2) is 5.47. The molecule has 3 aromatic rings. The van der Waals surface area contributed by atoms with Crippen molar-refractivity contribution in [1.29, 1.82) is 0 Å². The van der Waals surface area contributed by atoms with Gasteiger partial charge in [-0.15, -0.1) is 0 Å². The lowest BCUT2D eigenvalue weighted by Gasteiger charge is -2.10. The van der Waals surface area contributed by atoms with Crippen LogP contribution in [0.15, 0.2) is 64.4 Å². The van der Waals surface area contributed by atoms with Crippen LogP contribution in [0.3, 0.4) is 0 Å². The first-order chi connectivity index (χ1) is 10.4. The second-order valence-electron chi connectivity index (χ2n) is 4.83. The summed E-state index contributed by atoms with van der Waals surface area (Å²) in [5.41, 5.74) is 5.93. The first kappa shape index (κ1) is 15.2. The summed E-state index contributed by atoms with van der Waals surface area (Å²) in [6.07, 6.45) is 0. The quantitative estimate of drug-likeness (QED) is 0.688. The van der Waals surface area contributed by atoms with Crippen LogP contribution in [0.25, 0.3) is 10.8 Å². The van der Waals surface area contributed by atoms with Gasteiger partial charge in [-0.25, -0.2) is 8.42 Å². The fraction of sp³-hybridized carbons (Fsp3) is 0. The van der Waals surface area contributed by atoms with E-state index in [1.165, 1.54) is 12.1 Å².